The molecule has 4 nitrogen and oxygen atoms in total. The Kier molecular flexibility index (Phi) is 3.93. The van der Waals surface area contributed by atoms with Crippen LogP contribution in [0.25, 0.3) is 0 Å². The highest BCUT2D eigenvalue weighted by atomic mass is 32.2. The highest BCUT2D eigenvalue weighted by molar-refractivity contribution is 8.02. The monoisotopic (exact) mass is 318 g/mol. The lowest BCUT2D eigenvalue weighted by atomic mass is 9.99. The number of anilines is 1. The van der Waals surface area contributed by atoms with Crippen LogP contribution in [-0.2, 0) is 9.59 Å². The molecule has 2 aliphatic heterocycles. The fourth-order valence-electron chi connectivity index (χ4n) is 3.32. The number of hydrogen-bond donors (Lipinski definition) is 0. The molecular weight excluding hydrogens is 296 g/mol. The van der Waals surface area contributed by atoms with Gasteiger partial charge >= 0.3 is 0 Å². The van der Waals surface area contributed by atoms with Crippen molar-refractivity contribution in [1.82, 2.24) is 4.90 Å². The van der Waals surface area contributed by atoms with E-state index in [-0.39, 0.29) is 17.9 Å². The van der Waals surface area contributed by atoms with E-state index in [1.165, 1.54) is 11.8 Å². The van der Waals surface area contributed by atoms with Crippen LogP contribution in [0.15, 0.2) is 29.2 Å². The first kappa shape index (κ1) is 15.4. The highest BCUT2D eigenvalue weighted by Gasteiger charge is 2.50. The molecule has 0 saturated carbocycles. The minimum absolute atomic E-state index is 0.0453. The summed E-state index contributed by atoms with van der Waals surface area (Å²) < 4.78 is -1.06. The zero-order valence-corrected chi connectivity index (χ0v) is 14.2. The van der Waals surface area contributed by atoms with Crippen LogP contribution in [0.1, 0.15) is 33.1 Å². The first-order valence-corrected chi connectivity index (χ1v) is 8.64. The third-order valence-corrected chi connectivity index (χ3v) is 6.05. The lowest BCUT2D eigenvalue weighted by Crippen LogP contribution is -2.58. The van der Waals surface area contributed by atoms with Crippen molar-refractivity contribution in [3.8, 4) is 0 Å². The highest BCUT2D eigenvalue weighted by Crippen LogP contribution is 2.46. The van der Waals surface area contributed by atoms with Crippen LogP contribution >= 0.6 is 11.8 Å². The van der Waals surface area contributed by atoms with E-state index in [0.29, 0.717) is 0 Å². The molecule has 0 unspecified atom stereocenters. The molecule has 0 bridgehead atoms. The number of hydrogen-bond acceptors (Lipinski definition) is 3. The molecule has 0 aromatic heterocycles. The average Bonchev–Trinajstić information content (AvgIpc) is 2.52. The summed E-state index contributed by atoms with van der Waals surface area (Å²) in [6.45, 7) is 4.61. The molecule has 0 spiro atoms. The molecule has 1 aromatic carbocycles. The van der Waals surface area contributed by atoms with Crippen LogP contribution in [0.2, 0.25) is 0 Å². The van der Waals surface area contributed by atoms with Crippen molar-refractivity contribution in [2.75, 3.05) is 18.5 Å². The molecule has 2 amide bonds. The van der Waals surface area contributed by atoms with E-state index in [1.807, 2.05) is 29.2 Å². The van der Waals surface area contributed by atoms with Gasteiger partial charge in [-0.2, -0.15) is 0 Å². The molecule has 3 rings (SSSR count). The normalized spacial score (nSPS) is 28.5. The molecule has 2 heterocycles. The maximum Gasteiger partial charge on any atom is 0.252 e. The molecule has 5 heteroatoms. The predicted octanol–water partition coefficient (Wildman–Crippen LogP) is 2.91. The summed E-state index contributed by atoms with van der Waals surface area (Å²) in [5.41, 5.74) is 0.884. The molecule has 2 atom stereocenters. The van der Waals surface area contributed by atoms with Crippen molar-refractivity contribution in [3.63, 3.8) is 0 Å². The number of benzene rings is 1. The molecule has 0 radical (unpaired) electrons. The smallest absolute Gasteiger partial charge is 0.252 e. The van der Waals surface area contributed by atoms with Gasteiger partial charge in [-0.1, -0.05) is 23.9 Å². The Hall–Kier alpha value is -1.49. The minimum Gasteiger partial charge on any atom is -0.338 e. The van der Waals surface area contributed by atoms with Crippen LogP contribution in [0.5, 0.6) is 0 Å². The van der Waals surface area contributed by atoms with Gasteiger partial charge < -0.3 is 9.80 Å². The van der Waals surface area contributed by atoms with Gasteiger partial charge in [0.2, 0.25) is 5.91 Å². The van der Waals surface area contributed by atoms with Crippen molar-refractivity contribution in [1.29, 1.82) is 0 Å². The van der Waals surface area contributed by atoms with Crippen LogP contribution in [0.3, 0.4) is 0 Å². The van der Waals surface area contributed by atoms with Crippen LogP contribution in [-0.4, -0.2) is 41.1 Å². The zero-order valence-electron chi connectivity index (χ0n) is 13.3. The number of thioether (sulfide) groups is 1. The van der Waals surface area contributed by atoms with Gasteiger partial charge in [0.1, 0.15) is 0 Å². The van der Waals surface area contributed by atoms with Gasteiger partial charge in [-0.3, -0.25) is 9.59 Å². The van der Waals surface area contributed by atoms with Crippen molar-refractivity contribution in [2.45, 2.75) is 48.8 Å². The number of rotatable bonds is 1. The third-order valence-electron chi connectivity index (χ3n) is 4.73. The van der Waals surface area contributed by atoms with E-state index in [2.05, 4.69) is 6.92 Å². The fraction of sp³-hybridized carbons (Fsp3) is 0.529. The summed E-state index contributed by atoms with van der Waals surface area (Å²) in [6, 6.07) is 7.99. The number of fused-ring (bicyclic) bond motifs is 1. The molecule has 118 valence electrons. The van der Waals surface area contributed by atoms with E-state index in [9.17, 15) is 9.59 Å². The Bertz CT molecular complexity index is 618. The summed E-state index contributed by atoms with van der Waals surface area (Å²) in [5, 5.41) is 0. The Morgan fingerprint density at radius 3 is 2.77 bits per heavy atom. The maximum absolute atomic E-state index is 13.1. The number of amides is 2. The molecule has 1 saturated heterocycles. The molecule has 1 fully saturated rings. The Morgan fingerprint density at radius 2 is 2.05 bits per heavy atom. The van der Waals surface area contributed by atoms with Gasteiger partial charge in [-0.05, 0) is 45.2 Å². The average molecular weight is 318 g/mol. The second-order valence-electron chi connectivity index (χ2n) is 6.31. The van der Waals surface area contributed by atoms with Crippen molar-refractivity contribution in [3.05, 3.63) is 24.3 Å². The van der Waals surface area contributed by atoms with Crippen molar-refractivity contribution in [2.24, 2.45) is 0 Å². The maximum atomic E-state index is 13.1. The van der Waals surface area contributed by atoms with Crippen LogP contribution in [0, 0.1) is 0 Å². The molecule has 0 N–H and O–H groups in total. The first-order valence-electron chi connectivity index (χ1n) is 7.82. The SMILES string of the molecule is C[C@H]1CCCCN1C(=O)[C@]1(C)Sc2ccccc2N(C)C1=O. The minimum atomic E-state index is -1.06. The van der Waals surface area contributed by atoms with E-state index >= 15 is 0 Å². The summed E-state index contributed by atoms with van der Waals surface area (Å²) in [5.74, 6) is -0.171. The third kappa shape index (κ3) is 2.32. The number of likely N-dealkylation sites (tertiary alicyclic amines) is 1. The van der Waals surface area contributed by atoms with E-state index in [1.54, 1.807) is 18.9 Å². The summed E-state index contributed by atoms with van der Waals surface area (Å²) in [6.07, 6.45) is 3.20. The van der Waals surface area contributed by atoms with Crippen LogP contribution < -0.4 is 4.90 Å². The second-order valence-corrected chi connectivity index (χ2v) is 7.77. The van der Waals surface area contributed by atoms with Gasteiger partial charge in [-0.15, -0.1) is 0 Å². The van der Waals surface area contributed by atoms with Gasteiger partial charge in [0, 0.05) is 24.5 Å². The quantitative estimate of drug-likeness (QED) is 0.748. The van der Waals surface area contributed by atoms with Gasteiger partial charge in [0.15, 0.2) is 4.75 Å². The molecule has 2 aliphatic rings. The van der Waals surface area contributed by atoms with Gasteiger partial charge in [-0.25, -0.2) is 0 Å². The van der Waals surface area contributed by atoms with E-state index < -0.39 is 4.75 Å². The Balaban J connectivity index is 1.95. The largest absolute Gasteiger partial charge is 0.338 e. The summed E-state index contributed by atoms with van der Waals surface area (Å²) >= 11 is 1.39. The summed E-state index contributed by atoms with van der Waals surface area (Å²) in [4.78, 5) is 30.5. The molecule has 1 aromatic rings. The Morgan fingerprint density at radius 1 is 1.32 bits per heavy atom. The molecule has 0 aliphatic carbocycles. The standard InChI is InChI=1S/C17H22N2O2S/c1-12-8-6-7-11-19(12)16(21)17(2)15(20)18(3)13-9-4-5-10-14(13)22-17/h4-5,9-10,12H,6-8,11H2,1-3H3/t12-,17+/m0/s1. The van der Waals surface area contributed by atoms with Crippen LogP contribution in [0.4, 0.5) is 5.69 Å². The topological polar surface area (TPSA) is 40.6 Å². The van der Waals surface area contributed by atoms with Crippen molar-refractivity contribution >= 4 is 29.3 Å². The summed E-state index contributed by atoms with van der Waals surface area (Å²) in [7, 11) is 1.76. The number of carbonyl (C=O) groups excluding carboxylic acids is 2. The molecular formula is C17H22N2O2S. The lowest BCUT2D eigenvalue weighted by molar-refractivity contribution is -0.141. The number of piperidine rings is 1. The van der Waals surface area contributed by atoms with Gasteiger partial charge in [0.25, 0.3) is 5.91 Å². The van der Waals surface area contributed by atoms with E-state index in [0.717, 1.165) is 36.4 Å². The van der Waals surface area contributed by atoms with Gasteiger partial charge in [0.05, 0.1) is 5.69 Å². The predicted molar refractivity (Wildman–Crippen MR) is 89.1 cm³/mol. The molecule has 22 heavy (non-hydrogen) atoms. The number of nitrogens with zero attached hydrogens (tertiary/aromatic N) is 2. The fourth-order valence-corrected chi connectivity index (χ4v) is 4.65. The second kappa shape index (κ2) is 5.61. The number of para-hydroxylation sites is 1. The lowest BCUT2D eigenvalue weighted by Gasteiger charge is -2.42. The zero-order chi connectivity index (χ0) is 15.9. The van der Waals surface area contributed by atoms with Crippen molar-refractivity contribution < 1.29 is 9.59 Å². The number of carbonyl (C=O) groups is 2. The first-order chi connectivity index (χ1) is 10.4. The Labute approximate surface area is 135 Å². The van der Waals surface area contributed by atoms with E-state index in [4.69, 9.17) is 0 Å².